The normalized spacial score (nSPS) is 18.9. The lowest BCUT2D eigenvalue weighted by Gasteiger charge is -2.38. The second-order valence-corrected chi connectivity index (χ2v) is 8.76. The number of benzene rings is 1. The molecule has 1 unspecified atom stereocenters. The molecule has 1 aliphatic carbocycles. The van der Waals surface area contributed by atoms with E-state index in [0.29, 0.717) is 30.9 Å². The monoisotopic (exact) mass is 459 g/mol. The number of aromatic nitrogens is 2. The molecule has 1 aromatic carbocycles. The summed E-state index contributed by atoms with van der Waals surface area (Å²) in [5.74, 6) is -0.948. The summed E-state index contributed by atoms with van der Waals surface area (Å²) in [6, 6.07) is 4.65. The molecule has 1 amide bonds. The summed E-state index contributed by atoms with van der Waals surface area (Å²) >= 11 is 6.18. The van der Waals surface area contributed by atoms with Gasteiger partial charge in [-0.1, -0.05) is 17.7 Å². The van der Waals surface area contributed by atoms with E-state index in [1.165, 1.54) is 12.4 Å². The maximum absolute atomic E-state index is 15.1. The van der Waals surface area contributed by atoms with Crippen LogP contribution in [0.15, 0.2) is 24.5 Å². The van der Waals surface area contributed by atoms with Crippen LogP contribution in [0.25, 0.3) is 4.85 Å². The van der Waals surface area contributed by atoms with Gasteiger partial charge in [0.05, 0.1) is 23.4 Å². The molecule has 1 N–H and O–H groups in total. The Bertz CT molecular complexity index is 1070. The van der Waals surface area contributed by atoms with Crippen LogP contribution in [-0.2, 0) is 4.74 Å². The maximum atomic E-state index is 15.1. The fourth-order valence-electron chi connectivity index (χ4n) is 3.86. The number of rotatable bonds is 5. The third-order valence-electron chi connectivity index (χ3n) is 5.68. The number of carbonyl (C=O) groups is 1. The van der Waals surface area contributed by atoms with Crippen molar-refractivity contribution in [2.45, 2.75) is 45.3 Å². The van der Waals surface area contributed by atoms with Gasteiger partial charge in [-0.2, -0.15) is 9.37 Å². The second kappa shape index (κ2) is 8.79. The van der Waals surface area contributed by atoms with Gasteiger partial charge in [0.2, 0.25) is 5.82 Å². The minimum absolute atomic E-state index is 0.0738. The lowest BCUT2D eigenvalue weighted by Crippen LogP contribution is -2.49. The lowest BCUT2D eigenvalue weighted by atomic mass is 9.91. The van der Waals surface area contributed by atoms with Crippen LogP contribution in [0.2, 0.25) is 5.02 Å². The Morgan fingerprint density at radius 1 is 1.41 bits per heavy atom. The van der Waals surface area contributed by atoms with Crippen molar-refractivity contribution in [3.63, 3.8) is 0 Å². The van der Waals surface area contributed by atoms with Crippen molar-refractivity contribution in [1.82, 2.24) is 14.9 Å². The van der Waals surface area contributed by atoms with Crippen molar-refractivity contribution in [2.24, 2.45) is 5.41 Å². The van der Waals surface area contributed by atoms with E-state index in [-0.39, 0.29) is 40.4 Å². The minimum atomic E-state index is -0.727. The first-order valence-corrected chi connectivity index (χ1v) is 10.8. The molecular weight excluding hydrogens is 437 g/mol. The molecule has 32 heavy (non-hydrogen) atoms. The summed E-state index contributed by atoms with van der Waals surface area (Å²) < 4.78 is 26.4. The van der Waals surface area contributed by atoms with Gasteiger partial charge in [-0.3, -0.25) is 0 Å². The van der Waals surface area contributed by atoms with Crippen molar-refractivity contribution in [3.05, 3.63) is 46.8 Å². The van der Waals surface area contributed by atoms with E-state index in [2.05, 4.69) is 20.1 Å². The van der Waals surface area contributed by atoms with E-state index < -0.39 is 5.82 Å². The predicted molar refractivity (Wildman–Crippen MR) is 117 cm³/mol. The van der Waals surface area contributed by atoms with E-state index in [9.17, 15) is 4.79 Å². The highest BCUT2D eigenvalue weighted by Crippen LogP contribution is 2.53. The molecule has 0 radical (unpaired) electrons. The lowest BCUT2D eigenvalue weighted by molar-refractivity contribution is 0.0107. The number of anilines is 2. The minimum Gasteiger partial charge on any atom is -0.471 e. The summed E-state index contributed by atoms with van der Waals surface area (Å²) in [4.78, 5) is 25.2. The zero-order valence-corrected chi connectivity index (χ0v) is 18.5. The topological polar surface area (TPSA) is 80.9 Å². The molecule has 168 valence electrons. The van der Waals surface area contributed by atoms with Gasteiger partial charge in [0.25, 0.3) is 5.88 Å². The number of halogens is 2. The number of likely N-dealkylation sites (tertiary alicyclic amines) is 1. The Morgan fingerprint density at radius 3 is 2.84 bits per heavy atom. The standard InChI is InChI=1S/C22H23ClFN5O3/c1-13(2)31-21(30)29-9-6-17(22(11-29)7-8-22)32-20-18(24)19(26-12-27-20)28-16-5-4-14(25-3)10-15(16)23/h4-5,10,12-13,17H,6-9,11H2,1-2H3,(H,26,27,28). The van der Waals surface area contributed by atoms with Crippen LogP contribution >= 0.6 is 11.6 Å². The Hall–Kier alpha value is -3.12. The molecule has 1 saturated carbocycles. The molecule has 0 bridgehead atoms. The molecule has 2 aliphatic rings. The van der Waals surface area contributed by atoms with Gasteiger partial charge >= 0.3 is 6.09 Å². The largest absolute Gasteiger partial charge is 0.471 e. The van der Waals surface area contributed by atoms with Gasteiger partial charge in [-0.15, -0.1) is 0 Å². The average molecular weight is 460 g/mol. The van der Waals surface area contributed by atoms with Crippen LogP contribution in [-0.4, -0.2) is 46.3 Å². The van der Waals surface area contributed by atoms with Crippen LogP contribution in [0.3, 0.4) is 0 Å². The summed E-state index contributed by atoms with van der Waals surface area (Å²) in [5, 5.41) is 3.11. The van der Waals surface area contributed by atoms with Crippen LogP contribution in [0.5, 0.6) is 5.88 Å². The zero-order chi connectivity index (χ0) is 22.9. The summed E-state index contributed by atoms with van der Waals surface area (Å²) in [6.45, 7) is 11.7. The van der Waals surface area contributed by atoms with Gasteiger partial charge < -0.3 is 19.7 Å². The van der Waals surface area contributed by atoms with Crippen LogP contribution in [0.4, 0.5) is 26.4 Å². The molecule has 2 heterocycles. The number of nitrogens with zero attached hydrogens (tertiary/aromatic N) is 4. The molecule has 10 heteroatoms. The van der Waals surface area contributed by atoms with E-state index in [1.54, 1.807) is 17.0 Å². The molecule has 1 aliphatic heterocycles. The number of hydrogen-bond acceptors (Lipinski definition) is 6. The highest BCUT2D eigenvalue weighted by atomic mass is 35.5. The van der Waals surface area contributed by atoms with Crippen molar-refractivity contribution in [3.8, 4) is 5.88 Å². The van der Waals surface area contributed by atoms with E-state index in [0.717, 1.165) is 12.8 Å². The molecule has 1 saturated heterocycles. The maximum Gasteiger partial charge on any atom is 0.410 e. The van der Waals surface area contributed by atoms with Crippen molar-refractivity contribution >= 4 is 34.9 Å². The fraction of sp³-hybridized carbons (Fsp3) is 0.455. The first-order valence-electron chi connectivity index (χ1n) is 10.4. The van der Waals surface area contributed by atoms with Crippen molar-refractivity contribution in [1.29, 1.82) is 0 Å². The van der Waals surface area contributed by atoms with Gasteiger partial charge in [0.1, 0.15) is 12.4 Å². The molecule has 1 aromatic heterocycles. The van der Waals surface area contributed by atoms with Crippen LogP contribution < -0.4 is 10.1 Å². The van der Waals surface area contributed by atoms with Gasteiger partial charge in [0.15, 0.2) is 11.5 Å². The second-order valence-electron chi connectivity index (χ2n) is 8.35. The predicted octanol–water partition coefficient (Wildman–Crippen LogP) is 5.34. The van der Waals surface area contributed by atoms with E-state index in [1.807, 2.05) is 13.8 Å². The number of hydrogen-bond donors (Lipinski definition) is 1. The number of carbonyl (C=O) groups excluding carboxylic acids is 1. The Balaban J connectivity index is 1.47. The summed E-state index contributed by atoms with van der Waals surface area (Å²) in [6.07, 6.45) is 2.79. The highest BCUT2D eigenvalue weighted by Gasteiger charge is 2.55. The Labute approximate surface area is 190 Å². The van der Waals surface area contributed by atoms with Gasteiger partial charge in [-0.05, 0) is 38.8 Å². The molecule has 2 fully saturated rings. The van der Waals surface area contributed by atoms with Crippen LogP contribution in [0, 0.1) is 17.8 Å². The quantitative estimate of drug-likeness (QED) is 0.608. The van der Waals surface area contributed by atoms with Gasteiger partial charge in [0, 0.05) is 24.9 Å². The third kappa shape index (κ3) is 4.55. The molecule has 4 rings (SSSR count). The molecule has 1 spiro atoms. The Morgan fingerprint density at radius 2 is 2.19 bits per heavy atom. The number of nitrogens with one attached hydrogen (secondary N) is 1. The number of ether oxygens (including phenoxy) is 2. The SMILES string of the molecule is [C-]#[N+]c1ccc(Nc2ncnc(OC3CCN(C(=O)OC(C)C)CC34CC4)c2F)c(Cl)c1. The number of piperidine rings is 1. The Kier molecular flexibility index (Phi) is 6.07. The first-order chi connectivity index (χ1) is 15.3. The zero-order valence-electron chi connectivity index (χ0n) is 17.8. The highest BCUT2D eigenvalue weighted by molar-refractivity contribution is 6.33. The van der Waals surface area contributed by atoms with Gasteiger partial charge in [-0.25, -0.2) is 14.6 Å². The average Bonchev–Trinajstić information content (AvgIpc) is 3.52. The molecule has 8 nitrogen and oxygen atoms in total. The summed E-state index contributed by atoms with van der Waals surface area (Å²) in [5.41, 5.74) is 0.585. The molecular formula is C22H23ClFN5O3. The van der Waals surface area contributed by atoms with Crippen molar-refractivity contribution in [2.75, 3.05) is 18.4 Å². The smallest absolute Gasteiger partial charge is 0.410 e. The van der Waals surface area contributed by atoms with Crippen molar-refractivity contribution < 1.29 is 18.7 Å². The van der Waals surface area contributed by atoms with E-state index in [4.69, 9.17) is 27.6 Å². The molecule has 2 aromatic rings. The summed E-state index contributed by atoms with van der Waals surface area (Å²) in [7, 11) is 0. The first kappa shape index (κ1) is 22.1. The molecule has 1 atom stereocenters. The van der Waals surface area contributed by atoms with E-state index >= 15 is 4.39 Å². The number of amides is 1. The van der Waals surface area contributed by atoms with Crippen LogP contribution in [0.1, 0.15) is 33.1 Å². The fourth-order valence-corrected chi connectivity index (χ4v) is 4.08. The third-order valence-corrected chi connectivity index (χ3v) is 6.00.